The number of H-pyrrole nitrogens is 1. The highest BCUT2D eigenvalue weighted by Crippen LogP contribution is 2.29. The van der Waals surface area contributed by atoms with E-state index in [9.17, 15) is 9.59 Å². The van der Waals surface area contributed by atoms with Crippen LogP contribution in [0.5, 0.6) is 0 Å². The van der Waals surface area contributed by atoms with E-state index >= 15 is 0 Å². The maximum atomic E-state index is 14.0. The van der Waals surface area contributed by atoms with E-state index in [0.29, 0.717) is 24.2 Å². The van der Waals surface area contributed by atoms with Gasteiger partial charge in [-0.05, 0) is 49.8 Å². The third-order valence-electron chi connectivity index (χ3n) is 5.90. The second kappa shape index (κ2) is 9.78. The normalized spacial score (nSPS) is 10.9. The summed E-state index contributed by atoms with van der Waals surface area (Å²) >= 11 is 0. The summed E-state index contributed by atoms with van der Waals surface area (Å²) in [7, 11) is 0. The van der Waals surface area contributed by atoms with E-state index in [1.165, 1.54) is 0 Å². The Kier molecular flexibility index (Phi) is 7.11. The lowest BCUT2D eigenvalue weighted by atomic mass is 9.99. The molecule has 1 aromatic heterocycles. The van der Waals surface area contributed by atoms with Gasteiger partial charge in [0, 0.05) is 17.0 Å². The molecule has 4 nitrogen and oxygen atoms in total. The first kappa shape index (κ1) is 22.5. The molecule has 0 aliphatic carbocycles. The number of hydrogen-bond donors (Lipinski definition) is 1. The van der Waals surface area contributed by atoms with Crippen molar-refractivity contribution in [3.63, 3.8) is 0 Å². The van der Waals surface area contributed by atoms with Gasteiger partial charge >= 0.3 is 0 Å². The van der Waals surface area contributed by atoms with E-state index < -0.39 is 0 Å². The molecule has 3 aromatic rings. The van der Waals surface area contributed by atoms with Gasteiger partial charge in [-0.3, -0.25) is 9.59 Å². The number of para-hydroxylation sites is 1. The van der Waals surface area contributed by atoms with Crippen LogP contribution in [0.4, 0.5) is 5.69 Å². The molecule has 0 saturated carbocycles. The summed E-state index contributed by atoms with van der Waals surface area (Å²) < 4.78 is 0. The summed E-state index contributed by atoms with van der Waals surface area (Å²) in [5.41, 5.74) is 6.40. The summed E-state index contributed by atoms with van der Waals surface area (Å²) in [6.07, 6.45) is 2.14. The van der Waals surface area contributed by atoms with Gasteiger partial charge in [-0.25, -0.2) is 0 Å². The second-order valence-corrected chi connectivity index (χ2v) is 7.93. The lowest BCUT2D eigenvalue weighted by Gasteiger charge is -2.28. The standard InChI is InChI=1S/C27H32N2O2/c1-6-21-16-12-13-18(4)25(21)29(17-20-14-10-9-11-15-20)27(31)24-19(5)28-23(8-3)22(7-2)26(24)30/h9-16H,6-8,17H2,1-5H3,(H,28,30). The van der Waals surface area contributed by atoms with Crippen molar-refractivity contribution < 1.29 is 4.79 Å². The van der Waals surface area contributed by atoms with E-state index in [4.69, 9.17) is 0 Å². The molecule has 0 spiro atoms. The van der Waals surface area contributed by atoms with Crippen molar-refractivity contribution in [3.05, 3.63) is 98.0 Å². The van der Waals surface area contributed by atoms with E-state index in [2.05, 4.69) is 18.0 Å². The molecule has 1 heterocycles. The lowest BCUT2D eigenvalue weighted by Crippen LogP contribution is -2.37. The van der Waals surface area contributed by atoms with E-state index in [0.717, 1.165) is 40.9 Å². The molecule has 2 aromatic carbocycles. The number of benzene rings is 2. The van der Waals surface area contributed by atoms with Crippen LogP contribution in [0.25, 0.3) is 0 Å². The Morgan fingerprint density at radius 3 is 2.23 bits per heavy atom. The number of amides is 1. The van der Waals surface area contributed by atoms with Gasteiger partial charge in [0.1, 0.15) is 5.56 Å². The number of pyridine rings is 1. The number of hydrogen-bond acceptors (Lipinski definition) is 2. The predicted octanol–water partition coefficient (Wildman–Crippen LogP) is 5.53. The third kappa shape index (κ3) is 4.48. The molecular weight excluding hydrogens is 384 g/mol. The fraction of sp³-hybridized carbons (Fsp3) is 0.333. The number of nitrogens with one attached hydrogen (secondary N) is 1. The van der Waals surface area contributed by atoms with Crippen molar-refractivity contribution in [1.29, 1.82) is 0 Å². The molecule has 0 radical (unpaired) electrons. The van der Waals surface area contributed by atoms with Gasteiger partial charge in [0.25, 0.3) is 5.91 Å². The molecule has 0 bridgehead atoms. The van der Waals surface area contributed by atoms with Crippen molar-refractivity contribution in [2.24, 2.45) is 0 Å². The molecule has 0 aliphatic heterocycles. The summed E-state index contributed by atoms with van der Waals surface area (Å²) in [5, 5.41) is 0. The van der Waals surface area contributed by atoms with E-state index in [1.807, 2.05) is 70.2 Å². The first-order valence-electron chi connectivity index (χ1n) is 11.1. The first-order valence-corrected chi connectivity index (χ1v) is 11.1. The smallest absolute Gasteiger partial charge is 0.264 e. The number of carbonyl (C=O) groups excluding carboxylic acids is 1. The van der Waals surface area contributed by atoms with Crippen molar-refractivity contribution in [1.82, 2.24) is 4.98 Å². The van der Waals surface area contributed by atoms with Crippen LogP contribution in [0.15, 0.2) is 53.3 Å². The summed E-state index contributed by atoms with van der Waals surface area (Å²) in [5.74, 6) is -0.246. The first-order chi connectivity index (χ1) is 14.9. The van der Waals surface area contributed by atoms with Crippen LogP contribution in [-0.4, -0.2) is 10.9 Å². The fourth-order valence-corrected chi connectivity index (χ4v) is 4.30. The zero-order chi connectivity index (χ0) is 22.5. The lowest BCUT2D eigenvalue weighted by molar-refractivity contribution is 0.0982. The number of aromatic amines is 1. The quantitative estimate of drug-likeness (QED) is 0.551. The van der Waals surface area contributed by atoms with Gasteiger partial charge in [-0.1, -0.05) is 69.3 Å². The average molecular weight is 417 g/mol. The molecule has 31 heavy (non-hydrogen) atoms. The van der Waals surface area contributed by atoms with Crippen LogP contribution in [0.1, 0.15) is 64.8 Å². The monoisotopic (exact) mass is 416 g/mol. The van der Waals surface area contributed by atoms with Gasteiger partial charge in [0.05, 0.1) is 12.2 Å². The van der Waals surface area contributed by atoms with Gasteiger partial charge in [-0.2, -0.15) is 0 Å². The minimum atomic E-state index is -0.246. The molecule has 1 N–H and O–H groups in total. The maximum absolute atomic E-state index is 14.0. The average Bonchev–Trinajstić information content (AvgIpc) is 2.77. The molecule has 162 valence electrons. The summed E-state index contributed by atoms with van der Waals surface area (Å²) in [6.45, 7) is 10.3. The number of nitrogens with zero attached hydrogens (tertiary/aromatic N) is 1. The van der Waals surface area contributed by atoms with Crippen LogP contribution < -0.4 is 10.3 Å². The molecule has 0 fully saturated rings. The van der Waals surface area contributed by atoms with Crippen molar-refractivity contribution >= 4 is 11.6 Å². The molecule has 1 amide bonds. The maximum Gasteiger partial charge on any atom is 0.264 e. The highest BCUT2D eigenvalue weighted by Gasteiger charge is 2.27. The van der Waals surface area contributed by atoms with E-state index in [-0.39, 0.29) is 16.9 Å². The minimum absolute atomic E-state index is 0.148. The zero-order valence-electron chi connectivity index (χ0n) is 19.2. The molecule has 0 aliphatic rings. The Bertz CT molecular complexity index is 1130. The Morgan fingerprint density at radius 1 is 0.903 bits per heavy atom. The number of anilines is 1. The fourth-order valence-electron chi connectivity index (χ4n) is 4.30. The topological polar surface area (TPSA) is 53.2 Å². The Hall–Kier alpha value is -3.14. The summed E-state index contributed by atoms with van der Waals surface area (Å²) in [4.78, 5) is 32.5. The van der Waals surface area contributed by atoms with Gasteiger partial charge < -0.3 is 9.88 Å². The molecule has 4 heteroatoms. The molecule has 0 unspecified atom stereocenters. The van der Waals surface area contributed by atoms with Gasteiger partial charge in [0.2, 0.25) is 0 Å². The van der Waals surface area contributed by atoms with E-state index in [1.54, 1.807) is 4.90 Å². The zero-order valence-corrected chi connectivity index (χ0v) is 19.2. The minimum Gasteiger partial charge on any atom is -0.361 e. The SMILES string of the molecule is CCc1cccc(C)c1N(Cc1ccccc1)C(=O)c1c(C)[nH]c(CC)c(CC)c1=O. The van der Waals surface area contributed by atoms with Crippen LogP contribution in [0.2, 0.25) is 0 Å². The van der Waals surface area contributed by atoms with Crippen LogP contribution in [0, 0.1) is 13.8 Å². The molecule has 0 atom stereocenters. The molecular formula is C27H32N2O2. The van der Waals surface area contributed by atoms with Crippen molar-refractivity contribution in [2.75, 3.05) is 4.90 Å². The van der Waals surface area contributed by atoms with Crippen molar-refractivity contribution in [3.8, 4) is 0 Å². The highest BCUT2D eigenvalue weighted by atomic mass is 16.2. The number of carbonyl (C=O) groups is 1. The molecule has 0 saturated heterocycles. The largest absolute Gasteiger partial charge is 0.361 e. The number of aromatic nitrogens is 1. The van der Waals surface area contributed by atoms with Crippen LogP contribution in [-0.2, 0) is 25.8 Å². The Balaban J connectivity index is 2.22. The third-order valence-corrected chi connectivity index (χ3v) is 5.90. The van der Waals surface area contributed by atoms with Crippen LogP contribution in [0.3, 0.4) is 0 Å². The van der Waals surface area contributed by atoms with Gasteiger partial charge in [-0.15, -0.1) is 0 Å². The van der Waals surface area contributed by atoms with Crippen molar-refractivity contribution in [2.45, 2.75) is 60.4 Å². The highest BCUT2D eigenvalue weighted by molar-refractivity contribution is 6.07. The summed E-state index contributed by atoms with van der Waals surface area (Å²) in [6, 6.07) is 16.0. The molecule has 3 rings (SSSR count). The Morgan fingerprint density at radius 2 is 1.61 bits per heavy atom. The van der Waals surface area contributed by atoms with Crippen LogP contribution >= 0.6 is 0 Å². The second-order valence-electron chi connectivity index (χ2n) is 7.93. The number of aryl methyl sites for hydroxylation is 4. The predicted molar refractivity (Wildman–Crippen MR) is 128 cm³/mol. The van der Waals surface area contributed by atoms with Gasteiger partial charge in [0.15, 0.2) is 5.43 Å². The number of rotatable bonds is 7. The Labute approximate surface area is 184 Å².